The molecule has 0 aliphatic heterocycles. The van der Waals surface area contributed by atoms with Crippen LogP contribution in [-0.4, -0.2) is 33.2 Å². The molecule has 0 bridgehead atoms. The van der Waals surface area contributed by atoms with E-state index in [1.165, 1.54) is 6.07 Å². The highest BCUT2D eigenvalue weighted by atomic mass is 19.2. The molecular weight excluding hydrogens is 380 g/mol. The summed E-state index contributed by atoms with van der Waals surface area (Å²) in [5, 5.41) is 11.7. The third-order valence-electron chi connectivity index (χ3n) is 3.52. The van der Waals surface area contributed by atoms with Crippen molar-refractivity contribution in [3.8, 4) is 11.3 Å². The number of benzene rings is 1. The lowest BCUT2D eigenvalue weighted by atomic mass is 10.2. The Hall–Kier alpha value is -3.47. The summed E-state index contributed by atoms with van der Waals surface area (Å²) in [5.74, 6) is -6.12. The van der Waals surface area contributed by atoms with Gasteiger partial charge < -0.3 is 10.4 Å². The molecule has 0 amide bonds. The molecular formula is C17H14F4N6O. The topological polar surface area (TPSA) is 95.0 Å². The maximum absolute atomic E-state index is 13.8. The van der Waals surface area contributed by atoms with E-state index in [0.29, 0.717) is 11.3 Å². The van der Waals surface area contributed by atoms with Crippen molar-refractivity contribution in [1.82, 2.24) is 15.0 Å². The molecule has 7 nitrogen and oxygen atoms in total. The Kier molecular flexibility index (Phi) is 5.84. The minimum atomic E-state index is -1.59. The van der Waals surface area contributed by atoms with Crippen LogP contribution in [0.3, 0.4) is 0 Å². The van der Waals surface area contributed by atoms with Gasteiger partial charge in [0.15, 0.2) is 29.1 Å². The Morgan fingerprint density at radius 2 is 1.57 bits per heavy atom. The lowest BCUT2D eigenvalue weighted by molar-refractivity contribution is 0.311. The molecule has 0 aliphatic rings. The maximum Gasteiger partial charge on any atom is 0.225 e. The molecule has 28 heavy (non-hydrogen) atoms. The molecule has 1 aromatic carbocycles. The van der Waals surface area contributed by atoms with Crippen LogP contribution in [0.4, 0.5) is 35.0 Å². The fourth-order valence-corrected chi connectivity index (χ4v) is 2.24. The van der Waals surface area contributed by atoms with E-state index in [1.54, 1.807) is 24.5 Å². The van der Waals surface area contributed by atoms with Gasteiger partial charge in [-0.3, -0.25) is 15.8 Å². The molecule has 0 spiro atoms. The lowest BCUT2D eigenvalue weighted by Gasteiger charge is -2.14. The maximum atomic E-state index is 13.8. The van der Waals surface area contributed by atoms with Gasteiger partial charge in [-0.25, -0.2) is 22.5 Å². The van der Waals surface area contributed by atoms with Crippen LogP contribution in [0.1, 0.15) is 0 Å². The van der Waals surface area contributed by atoms with E-state index in [2.05, 4.69) is 31.1 Å². The summed E-state index contributed by atoms with van der Waals surface area (Å²) in [5.41, 5.74) is 4.53. The van der Waals surface area contributed by atoms with E-state index in [9.17, 15) is 17.6 Å². The van der Waals surface area contributed by atoms with E-state index >= 15 is 0 Å². The highest BCUT2D eigenvalue weighted by molar-refractivity contribution is 5.65. The first-order chi connectivity index (χ1) is 13.5. The van der Waals surface area contributed by atoms with Crippen molar-refractivity contribution < 1.29 is 22.7 Å². The molecule has 2 aromatic heterocycles. The number of nitrogens with zero attached hydrogens (tertiary/aromatic N) is 3. The summed E-state index contributed by atoms with van der Waals surface area (Å²) in [6, 6.07) is 4.91. The van der Waals surface area contributed by atoms with E-state index in [0.717, 1.165) is 0 Å². The summed E-state index contributed by atoms with van der Waals surface area (Å²) in [6.07, 6.45) is 3.09. The van der Waals surface area contributed by atoms with Crippen molar-refractivity contribution in [2.24, 2.45) is 0 Å². The van der Waals surface area contributed by atoms with Gasteiger partial charge in [-0.15, -0.1) is 0 Å². The number of anilines is 3. The van der Waals surface area contributed by atoms with Crippen molar-refractivity contribution in [1.29, 1.82) is 0 Å². The largest absolute Gasteiger partial charge is 0.395 e. The standard InChI is InChI=1S/C17H14F4N6O/c18-10-7-11(19)15(21)16(14(10)20)27-26-13-8-12(9-1-3-22-4-2-9)24-17(25-13)23-5-6-28/h1-4,7-8,27-28H,5-6H2,(H2,23,24,25,26). The number of halogens is 4. The summed E-state index contributed by atoms with van der Waals surface area (Å²) < 4.78 is 54.2. The van der Waals surface area contributed by atoms with Crippen LogP contribution < -0.4 is 16.2 Å². The van der Waals surface area contributed by atoms with Gasteiger partial charge in [-0.2, -0.15) is 4.98 Å². The Morgan fingerprint density at radius 1 is 0.893 bits per heavy atom. The van der Waals surface area contributed by atoms with Crippen molar-refractivity contribution in [2.45, 2.75) is 0 Å². The van der Waals surface area contributed by atoms with Crippen molar-refractivity contribution in [3.05, 3.63) is 59.9 Å². The van der Waals surface area contributed by atoms with E-state index < -0.39 is 29.0 Å². The normalized spacial score (nSPS) is 10.6. The monoisotopic (exact) mass is 394 g/mol. The molecule has 3 rings (SSSR count). The highest BCUT2D eigenvalue weighted by Gasteiger charge is 2.19. The Morgan fingerprint density at radius 3 is 2.21 bits per heavy atom. The summed E-state index contributed by atoms with van der Waals surface area (Å²) in [4.78, 5) is 12.2. The first-order valence-electron chi connectivity index (χ1n) is 7.99. The number of hydrogen-bond donors (Lipinski definition) is 4. The second-order valence-corrected chi connectivity index (χ2v) is 5.44. The summed E-state index contributed by atoms with van der Waals surface area (Å²) in [6.45, 7) is -0.0200. The fraction of sp³-hybridized carbons (Fsp3) is 0.118. The molecule has 0 saturated carbocycles. The zero-order chi connectivity index (χ0) is 20.1. The van der Waals surface area contributed by atoms with E-state index in [-0.39, 0.29) is 31.0 Å². The number of hydrogen-bond acceptors (Lipinski definition) is 7. The van der Waals surface area contributed by atoms with Gasteiger partial charge in [-0.1, -0.05) is 0 Å². The van der Waals surface area contributed by atoms with Gasteiger partial charge in [0.2, 0.25) is 5.95 Å². The molecule has 0 atom stereocenters. The van der Waals surface area contributed by atoms with Crippen LogP contribution in [0, 0.1) is 23.3 Å². The molecule has 0 aliphatic carbocycles. The van der Waals surface area contributed by atoms with Gasteiger partial charge in [0.25, 0.3) is 0 Å². The van der Waals surface area contributed by atoms with Gasteiger partial charge in [0.05, 0.1) is 12.3 Å². The molecule has 146 valence electrons. The Bertz CT molecular complexity index is 947. The molecule has 0 saturated heterocycles. The molecule has 4 N–H and O–H groups in total. The molecule has 2 heterocycles. The predicted octanol–water partition coefficient (Wildman–Crippen LogP) is 2.94. The number of aliphatic hydroxyl groups is 1. The van der Waals surface area contributed by atoms with Crippen LogP contribution >= 0.6 is 0 Å². The van der Waals surface area contributed by atoms with Crippen LogP contribution in [0.2, 0.25) is 0 Å². The first-order valence-corrected chi connectivity index (χ1v) is 7.99. The average Bonchev–Trinajstić information content (AvgIpc) is 2.71. The van der Waals surface area contributed by atoms with Crippen LogP contribution in [0.5, 0.6) is 0 Å². The van der Waals surface area contributed by atoms with Gasteiger partial charge in [-0.05, 0) is 12.1 Å². The predicted molar refractivity (Wildman–Crippen MR) is 94.4 cm³/mol. The van der Waals surface area contributed by atoms with Gasteiger partial charge in [0.1, 0.15) is 5.69 Å². The SMILES string of the molecule is OCCNc1nc(NNc2c(F)c(F)cc(F)c2F)cc(-c2ccncc2)n1. The number of rotatable bonds is 7. The average molecular weight is 394 g/mol. The quantitative estimate of drug-likeness (QED) is 0.278. The minimum absolute atomic E-state index is 0.0470. The molecule has 0 fully saturated rings. The second-order valence-electron chi connectivity index (χ2n) is 5.44. The van der Waals surface area contributed by atoms with Gasteiger partial charge >= 0.3 is 0 Å². The Labute approximate surface area is 156 Å². The lowest BCUT2D eigenvalue weighted by Crippen LogP contribution is -2.16. The molecule has 0 radical (unpaired) electrons. The van der Waals surface area contributed by atoms with Crippen molar-refractivity contribution >= 4 is 17.5 Å². The smallest absolute Gasteiger partial charge is 0.225 e. The number of nitrogens with one attached hydrogen (secondary N) is 3. The van der Waals surface area contributed by atoms with E-state index in [1.807, 2.05) is 0 Å². The first kappa shape index (κ1) is 19.3. The van der Waals surface area contributed by atoms with Crippen LogP contribution in [0.25, 0.3) is 11.3 Å². The number of pyridine rings is 1. The number of aromatic nitrogens is 3. The van der Waals surface area contributed by atoms with Crippen LogP contribution in [-0.2, 0) is 0 Å². The molecule has 0 unspecified atom stereocenters. The Balaban J connectivity index is 1.91. The number of hydrazine groups is 1. The third kappa shape index (κ3) is 4.26. The summed E-state index contributed by atoms with van der Waals surface area (Å²) >= 11 is 0. The zero-order valence-corrected chi connectivity index (χ0v) is 14.2. The third-order valence-corrected chi connectivity index (χ3v) is 3.52. The summed E-state index contributed by atoms with van der Waals surface area (Å²) in [7, 11) is 0. The fourth-order valence-electron chi connectivity index (χ4n) is 2.24. The number of aliphatic hydroxyl groups excluding tert-OH is 1. The van der Waals surface area contributed by atoms with Crippen LogP contribution in [0.15, 0.2) is 36.7 Å². The molecule has 11 heteroatoms. The van der Waals surface area contributed by atoms with E-state index in [4.69, 9.17) is 5.11 Å². The highest BCUT2D eigenvalue weighted by Crippen LogP contribution is 2.25. The van der Waals surface area contributed by atoms with Gasteiger partial charge in [0, 0.05) is 36.6 Å². The second kappa shape index (κ2) is 8.48. The van der Waals surface area contributed by atoms with Crippen molar-refractivity contribution in [2.75, 3.05) is 29.3 Å². The minimum Gasteiger partial charge on any atom is -0.395 e. The molecule has 3 aromatic rings. The van der Waals surface area contributed by atoms with Crippen molar-refractivity contribution in [3.63, 3.8) is 0 Å². The zero-order valence-electron chi connectivity index (χ0n) is 14.2.